The second kappa shape index (κ2) is 6.34. The summed E-state index contributed by atoms with van der Waals surface area (Å²) in [7, 11) is 0. The molecule has 1 atom stereocenters. The monoisotopic (exact) mass is 270 g/mol. The van der Waals surface area contributed by atoms with Crippen molar-refractivity contribution in [2.24, 2.45) is 0 Å². The van der Waals surface area contributed by atoms with Crippen LogP contribution in [0.1, 0.15) is 26.2 Å². The molecule has 0 aromatic carbocycles. The number of nitrogens with zero attached hydrogens (tertiary/aromatic N) is 1. The Bertz CT molecular complexity index is 334. The fraction of sp³-hybridized carbons (Fsp3) is 0.846. The van der Waals surface area contributed by atoms with E-state index in [2.05, 4.69) is 5.32 Å². The molecule has 6 nitrogen and oxygen atoms in total. The van der Waals surface area contributed by atoms with E-state index in [0.29, 0.717) is 32.7 Å². The van der Waals surface area contributed by atoms with Crippen LogP contribution in [0.2, 0.25) is 0 Å². The molecule has 6 heteroatoms. The van der Waals surface area contributed by atoms with Crippen LogP contribution in [0.3, 0.4) is 0 Å². The largest absolute Gasteiger partial charge is 0.464 e. The van der Waals surface area contributed by atoms with Crippen molar-refractivity contribution < 1.29 is 19.1 Å². The van der Waals surface area contributed by atoms with Crippen LogP contribution in [0.15, 0.2) is 0 Å². The second-order valence-electron chi connectivity index (χ2n) is 5.26. The van der Waals surface area contributed by atoms with Gasteiger partial charge in [-0.3, -0.25) is 9.59 Å². The first-order valence-corrected chi connectivity index (χ1v) is 6.85. The lowest BCUT2D eigenvalue weighted by Crippen LogP contribution is -2.50. The van der Waals surface area contributed by atoms with Gasteiger partial charge in [-0.1, -0.05) is 0 Å². The normalized spacial score (nSPS) is 27.3. The Morgan fingerprint density at radius 1 is 1.37 bits per heavy atom. The van der Waals surface area contributed by atoms with E-state index in [0.717, 1.165) is 19.4 Å². The number of hydrogen-bond acceptors (Lipinski definition) is 5. The number of carbonyl (C=O) groups is 2. The molecule has 0 aliphatic carbocycles. The van der Waals surface area contributed by atoms with Crippen LogP contribution in [0.25, 0.3) is 0 Å². The molecule has 0 saturated carbocycles. The molecular weight excluding hydrogens is 248 g/mol. The number of nitrogens with one attached hydrogen (secondary N) is 1. The van der Waals surface area contributed by atoms with E-state index < -0.39 is 0 Å². The van der Waals surface area contributed by atoms with Crippen LogP contribution in [-0.4, -0.2) is 61.8 Å². The second-order valence-corrected chi connectivity index (χ2v) is 5.26. The summed E-state index contributed by atoms with van der Waals surface area (Å²) in [6.45, 7) is 5.07. The third-order valence-corrected chi connectivity index (χ3v) is 3.74. The van der Waals surface area contributed by atoms with Gasteiger partial charge in [0.25, 0.3) is 0 Å². The molecule has 0 spiro atoms. The SMILES string of the molecule is CC(=O)OCC1(CC(=O)N2CCOCC2)CCCN1. The molecule has 0 radical (unpaired) electrons. The predicted octanol–water partition coefficient (Wildman–Crippen LogP) is -0.0794. The molecule has 0 aromatic rings. The van der Waals surface area contributed by atoms with Crippen molar-refractivity contribution in [1.29, 1.82) is 0 Å². The van der Waals surface area contributed by atoms with E-state index in [1.54, 1.807) is 0 Å². The number of ether oxygens (including phenoxy) is 2. The third kappa shape index (κ3) is 3.91. The van der Waals surface area contributed by atoms with Crippen molar-refractivity contribution in [3.63, 3.8) is 0 Å². The zero-order valence-electron chi connectivity index (χ0n) is 11.4. The Morgan fingerprint density at radius 2 is 2.11 bits per heavy atom. The average molecular weight is 270 g/mol. The molecule has 19 heavy (non-hydrogen) atoms. The van der Waals surface area contributed by atoms with Gasteiger partial charge >= 0.3 is 5.97 Å². The van der Waals surface area contributed by atoms with E-state index in [-0.39, 0.29) is 24.0 Å². The maximum Gasteiger partial charge on any atom is 0.302 e. The van der Waals surface area contributed by atoms with Gasteiger partial charge in [-0.25, -0.2) is 0 Å². The minimum atomic E-state index is -0.374. The Labute approximate surface area is 113 Å². The van der Waals surface area contributed by atoms with Gasteiger partial charge in [0.15, 0.2) is 0 Å². The summed E-state index contributed by atoms with van der Waals surface area (Å²) in [5.41, 5.74) is -0.374. The highest BCUT2D eigenvalue weighted by Crippen LogP contribution is 2.25. The lowest BCUT2D eigenvalue weighted by atomic mass is 9.93. The molecule has 2 saturated heterocycles. The number of morpholine rings is 1. The summed E-state index contributed by atoms with van der Waals surface area (Å²) < 4.78 is 10.4. The molecule has 0 bridgehead atoms. The van der Waals surface area contributed by atoms with Gasteiger partial charge in [0.1, 0.15) is 6.61 Å². The van der Waals surface area contributed by atoms with E-state index in [9.17, 15) is 9.59 Å². The maximum atomic E-state index is 12.3. The van der Waals surface area contributed by atoms with Crippen LogP contribution in [0.4, 0.5) is 0 Å². The molecular formula is C13H22N2O4. The van der Waals surface area contributed by atoms with Crippen molar-refractivity contribution in [3.8, 4) is 0 Å². The molecule has 2 aliphatic heterocycles. The Kier molecular flexibility index (Phi) is 4.76. The Morgan fingerprint density at radius 3 is 2.68 bits per heavy atom. The highest BCUT2D eigenvalue weighted by atomic mass is 16.5. The van der Waals surface area contributed by atoms with Crippen molar-refractivity contribution in [2.75, 3.05) is 39.5 Å². The minimum Gasteiger partial charge on any atom is -0.464 e. The molecule has 2 fully saturated rings. The zero-order chi connectivity index (χ0) is 13.7. The minimum absolute atomic E-state index is 0.116. The number of esters is 1. The molecule has 2 aliphatic rings. The standard InChI is InChI=1S/C13H22N2O4/c1-11(16)19-10-13(3-2-4-14-13)9-12(17)15-5-7-18-8-6-15/h14H,2-10H2,1H3. The van der Waals surface area contributed by atoms with Crippen LogP contribution >= 0.6 is 0 Å². The van der Waals surface area contributed by atoms with E-state index in [1.165, 1.54) is 6.92 Å². The van der Waals surface area contributed by atoms with Crippen molar-refractivity contribution in [3.05, 3.63) is 0 Å². The number of rotatable bonds is 4. The highest BCUT2D eigenvalue weighted by molar-refractivity contribution is 5.77. The summed E-state index contributed by atoms with van der Waals surface area (Å²) in [5.74, 6) is -0.184. The first-order valence-electron chi connectivity index (χ1n) is 6.85. The summed E-state index contributed by atoms with van der Waals surface area (Å²) in [6.07, 6.45) is 2.27. The molecule has 2 rings (SSSR count). The summed E-state index contributed by atoms with van der Waals surface area (Å²) in [5, 5.41) is 3.34. The van der Waals surface area contributed by atoms with Crippen molar-refractivity contribution in [1.82, 2.24) is 10.2 Å². The van der Waals surface area contributed by atoms with Crippen molar-refractivity contribution in [2.45, 2.75) is 31.7 Å². The molecule has 1 N–H and O–H groups in total. The summed E-state index contributed by atoms with van der Waals surface area (Å²) >= 11 is 0. The predicted molar refractivity (Wildman–Crippen MR) is 68.6 cm³/mol. The fourth-order valence-electron chi connectivity index (χ4n) is 2.65. The maximum absolute atomic E-state index is 12.3. The zero-order valence-corrected chi connectivity index (χ0v) is 11.4. The molecule has 1 unspecified atom stereocenters. The van der Waals surface area contributed by atoms with Gasteiger partial charge in [-0.05, 0) is 19.4 Å². The average Bonchev–Trinajstić information content (AvgIpc) is 2.86. The topological polar surface area (TPSA) is 67.9 Å². The summed E-state index contributed by atoms with van der Waals surface area (Å²) in [4.78, 5) is 25.1. The third-order valence-electron chi connectivity index (χ3n) is 3.74. The lowest BCUT2D eigenvalue weighted by Gasteiger charge is -2.33. The smallest absolute Gasteiger partial charge is 0.302 e. The Hall–Kier alpha value is -1.14. The van der Waals surface area contributed by atoms with Gasteiger partial charge < -0.3 is 19.7 Å². The summed E-state index contributed by atoms with van der Waals surface area (Å²) in [6, 6.07) is 0. The van der Waals surface area contributed by atoms with E-state index in [1.807, 2.05) is 4.90 Å². The van der Waals surface area contributed by atoms with E-state index in [4.69, 9.17) is 9.47 Å². The van der Waals surface area contributed by atoms with Gasteiger partial charge in [0.2, 0.25) is 5.91 Å². The number of carbonyl (C=O) groups excluding carboxylic acids is 2. The molecule has 0 aromatic heterocycles. The molecule has 2 heterocycles. The lowest BCUT2D eigenvalue weighted by molar-refractivity contribution is -0.146. The van der Waals surface area contributed by atoms with Gasteiger partial charge in [-0.15, -0.1) is 0 Å². The fourth-order valence-corrected chi connectivity index (χ4v) is 2.65. The van der Waals surface area contributed by atoms with Crippen LogP contribution in [0.5, 0.6) is 0 Å². The number of hydrogen-bond donors (Lipinski definition) is 1. The van der Waals surface area contributed by atoms with Crippen LogP contribution in [-0.2, 0) is 19.1 Å². The number of amides is 1. The molecule has 108 valence electrons. The van der Waals surface area contributed by atoms with Gasteiger partial charge in [-0.2, -0.15) is 0 Å². The molecule has 1 amide bonds. The highest BCUT2D eigenvalue weighted by Gasteiger charge is 2.38. The van der Waals surface area contributed by atoms with Gasteiger partial charge in [0, 0.05) is 26.4 Å². The van der Waals surface area contributed by atoms with Crippen LogP contribution in [0, 0.1) is 0 Å². The quantitative estimate of drug-likeness (QED) is 0.724. The van der Waals surface area contributed by atoms with Crippen LogP contribution < -0.4 is 5.32 Å². The van der Waals surface area contributed by atoms with Crippen molar-refractivity contribution >= 4 is 11.9 Å². The first-order chi connectivity index (χ1) is 9.11. The van der Waals surface area contributed by atoms with Gasteiger partial charge in [0.05, 0.1) is 18.8 Å². The van der Waals surface area contributed by atoms with E-state index >= 15 is 0 Å². The Balaban J connectivity index is 1.91. The first kappa shape index (κ1) is 14.3.